The van der Waals surface area contributed by atoms with Crippen LogP contribution in [0.1, 0.15) is 16.7 Å². The molecule has 0 atom stereocenters. The Balaban J connectivity index is 1.45. The molecule has 4 rings (SSSR count). The van der Waals surface area contributed by atoms with Crippen LogP contribution in [-0.4, -0.2) is 36.1 Å². The molecule has 0 aliphatic carbocycles. The van der Waals surface area contributed by atoms with Crippen LogP contribution in [0.4, 0.5) is 5.13 Å². The highest BCUT2D eigenvalue weighted by Crippen LogP contribution is 2.32. The lowest BCUT2D eigenvalue weighted by molar-refractivity contribution is 0.250. The highest BCUT2D eigenvalue weighted by Gasteiger charge is 2.20. The number of aryl methyl sites for hydroxylation is 2. The summed E-state index contributed by atoms with van der Waals surface area (Å²) in [7, 11) is 0. The van der Waals surface area contributed by atoms with Crippen molar-refractivity contribution in [2.24, 2.45) is 0 Å². The third-order valence-electron chi connectivity index (χ3n) is 4.97. The average molecular weight is 337 g/mol. The number of aromatic nitrogens is 1. The molecule has 3 nitrogen and oxygen atoms in total. The maximum absolute atomic E-state index is 4.93. The zero-order valence-electron chi connectivity index (χ0n) is 14.3. The molecule has 3 aromatic rings. The standard InChI is InChI=1S/C20H23N3S/c1-15-8-9-18-19(16(15)2)21-20(24-18)23-12-10-22(11-13-23)14-17-6-4-3-5-7-17/h3-9H,10-14H2,1-2H3. The fourth-order valence-electron chi connectivity index (χ4n) is 3.29. The molecule has 0 saturated carbocycles. The van der Waals surface area contributed by atoms with Gasteiger partial charge in [0, 0.05) is 32.7 Å². The van der Waals surface area contributed by atoms with Crippen LogP contribution in [0.15, 0.2) is 42.5 Å². The van der Waals surface area contributed by atoms with Crippen molar-refractivity contribution in [2.75, 3.05) is 31.1 Å². The number of hydrogen-bond acceptors (Lipinski definition) is 4. The molecule has 0 unspecified atom stereocenters. The topological polar surface area (TPSA) is 19.4 Å². The second-order valence-electron chi connectivity index (χ2n) is 6.60. The Morgan fingerprint density at radius 2 is 1.71 bits per heavy atom. The van der Waals surface area contributed by atoms with Crippen molar-refractivity contribution in [2.45, 2.75) is 20.4 Å². The summed E-state index contributed by atoms with van der Waals surface area (Å²) in [6, 6.07) is 15.2. The molecule has 1 fully saturated rings. The van der Waals surface area contributed by atoms with Crippen molar-refractivity contribution in [3.63, 3.8) is 0 Å². The van der Waals surface area contributed by atoms with Gasteiger partial charge in [0.05, 0.1) is 10.2 Å². The average Bonchev–Trinajstić information content (AvgIpc) is 3.05. The fourth-order valence-corrected chi connectivity index (χ4v) is 4.37. The summed E-state index contributed by atoms with van der Waals surface area (Å²) in [5.74, 6) is 0. The van der Waals surface area contributed by atoms with Crippen molar-refractivity contribution < 1.29 is 0 Å². The van der Waals surface area contributed by atoms with Crippen molar-refractivity contribution in [3.05, 3.63) is 59.2 Å². The van der Waals surface area contributed by atoms with Crippen LogP contribution in [0.25, 0.3) is 10.2 Å². The van der Waals surface area contributed by atoms with Gasteiger partial charge in [-0.05, 0) is 36.6 Å². The van der Waals surface area contributed by atoms with Crippen LogP contribution in [0.5, 0.6) is 0 Å². The third-order valence-corrected chi connectivity index (χ3v) is 6.05. The van der Waals surface area contributed by atoms with Crippen molar-refractivity contribution in [1.29, 1.82) is 0 Å². The minimum absolute atomic E-state index is 1.05. The Hall–Kier alpha value is -1.91. The lowest BCUT2D eigenvalue weighted by Gasteiger charge is -2.34. The second kappa shape index (κ2) is 6.54. The first-order valence-corrected chi connectivity index (χ1v) is 9.40. The van der Waals surface area contributed by atoms with Crippen molar-refractivity contribution >= 4 is 26.7 Å². The molecule has 0 amide bonds. The molecule has 0 radical (unpaired) electrons. The van der Waals surface area contributed by atoms with Gasteiger partial charge < -0.3 is 4.90 Å². The van der Waals surface area contributed by atoms with E-state index in [9.17, 15) is 0 Å². The Labute approximate surface area is 147 Å². The second-order valence-corrected chi connectivity index (χ2v) is 7.61. The van der Waals surface area contributed by atoms with Crippen LogP contribution in [0.2, 0.25) is 0 Å². The Morgan fingerprint density at radius 1 is 0.958 bits per heavy atom. The van der Waals surface area contributed by atoms with Gasteiger partial charge in [-0.1, -0.05) is 47.7 Å². The van der Waals surface area contributed by atoms with Gasteiger partial charge in [0.2, 0.25) is 0 Å². The van der Waals surface area contributed by atoms with E-state index in [0.29, 0.717) is 0 Å². The lowest BCUT2D eigenvalue weighted by Crippen LogP contribution is -2.45. The van der Waals surface area contributed by atoms with Crippen molar-refractivity contribution in [1.82, 2.24) is 9.88 Å². The summed E-state index contributed by atoms with van der Waals surface area (Å²) in [5, 5.41) is 1.18. The Bertz CT molecular complexity index is 833. The van der Waals surface area contributed by atoms with Gasteiger partial charge in [-0.2, -0.15) is 0 Å². The van der Waals surface area contributed by atoms with Crippen LogP contribution < -0.4 is 4.90 Å². The molecule has 4 heteroatoms. The van der Waals surface area contributed by atoms with E-state index < -0.39 is 0 Å². The minimum atomic E-state index is 1.05. The molecule has 2 aromatic carbocycles. The van der Waals surface area contributed by atoms with E-state index >= 15 is 0 Å². The molecule has 24 heavy (non-hydrogen) atoms. The molecular weight excluding hydrogens is 314 g/mol. The smallest absolute Gasteiger partial charge is 0.186 e. The molecular formula is C20H23N3S. The zero-order chi connectivity index (χ0) is 16.5. The van der Waals surface area contributed by atoms with Crippen molar-refractivity contribution in [3.8, 4) is 0 Å². The Morgan fingerprint density at radius 3 is 2.46 bits per heavy atom. The summed E-state index contributed by atoms with van der Waals surface area (Å²) in [4.78, 5) is 9.91. The maximum atomic E-state index is 4.93. The van der Waals surface area contributed by atoms with Crippen LogP contribution in [-0.2, 0) is 6.54 Å². The lowest BCUT2D eigenvalue weighted by atomic mass is 10.1. The Kier molecular flexibility index (Phi) is 4.25. The molecule has 1 aromatic heterocycles. The van der Waals surface area contributed by atoms with E-state index in [1.165, 1.54) is 32.0 Å². The number of nitrogens with zero attached hydrogens (tertiary/aromatic N) is 3. The van der Waals surface area contributed by atoms with Gasteiger partial charge >= 0.3 is 0 Å². The number of benzene rings is 2. The number of anilines is 1. The van der Waals surface area contributed by atoms with Gasteiger partial charge in [-0.3, -0.25) is 4.90 Å². The first-order chi connectivity index (χ1) is 11.7. The molecule has 124 valence electrons. The SMILES string of the molecule is Cc1ccc2sc(N3CCN(Cc4ccccc4)CC3)nc2c1C. The van der Waals surface area contributed by atoms with Crippen LogP contribution >= 0.6 is 11.3 Å². The fraction of sp³-hybridized carbons (Fsp3) is 0.350. The molecule has 0 N–H and O–H groups in total. The van der Waals surface area contributed by atoms with E-state index in [1.54, 1.807) is 0 Å². The first-order valence-electron chi connectivity index (χ1n) is 8.59. The predicted octanol–water partition coefficient (Wildman–Crippen LogP) is 4.24. The van der Waals surface area contributed by atoms with E-state index in [1.807, 2.05) is 11.3 Å². The summed E-state index contributed by atoms with van der Waals surface area (Å²) in [6.45, 7) is 9.71. The first kappa shape index (κ1) is 15.6. The van der Waals surface area contributed by atoms with Gasteiger partial charge in [-0.25, -0.2) is 4.98 Å². The molecule has 1 aliphatic rings. The van der Waals surface area contributed by atoms with E-state index in [2.05, 4.69) is 66.1 Å². The molecule has 2 heterocycles. The molecule has 1 saturated heterocycles. The minimum Gasteiger partial charge on any atom is -0.345 e. The highest BCUT2D eigenvalue weighted by molar-refractivity contribution is 7.22. The maximum Gasteiger partial charge on any atom is 0.186 e. The van der Waals surface area contributed by atoms with E-state index in [0.717, 1.165) is 32.7 Å². The van der Waals surface area contributed by atoms with Gasteiger partial charge in [0.15, 0.2) is 5.13 Å². The summed E-state index contributed by atoms with van der Waals surface area (Å²) >= 11 is 1.83. The number of rotatable bonds is 3. The predicted molar refractivity (Wildman–Crippen MR) is 103 cm³/mol. The number of piperazine rings is 1. The molecule has 0 spiro atoms. The number of hydrogen-bond donors (Lipinski definition) is 0. The summed E-state index contributed by atoms with van der Waals surface area (Å²) < 4.78 is 1.31. The van der Waals surface area contributed by atoms with E-state index in [4.69, 9.17) is 4.98 Å². The monoisotopic (exact) mass is 337 g/mol. The largest absolute Gasteiger partial charge is 0.345 e. The normalized spacial score (nSPS) is 16.0. The summed E-state index contributed by atoms with van der Waals surface area (Å²) in [6.07, 6.45) is 0. The van der Waals surface area contributed by atoms with Gasteiger partial charge in [-0.15, -0.1) is 0 Å². The molecule has 1 aliphatic heterocycles. The summed E-state index contributed by atoms with van der Waals surface area (Å²) in [5.41, 5.74) is 5.23. The van der Waals surface area contributed by atoms with E-state index in [-0.39, 0.29) is 0 Å². The highest BCUT2D eigenvalue weighted by atomic mass is 32.1. The number of thiazole rings is 1. The third kappa shape index (κ3) is 3.04. The molecule has 0 bridgehead atoms. The zero-order valence-corrected chi connectivity index (χ0v) is 15.1. The van der Waals surface area contributed by atoms with Crippen LogP contribution in [0, 0.1) is 13.8 Å². The van der Waals surface area contributed by atoms with Crippen LogP contribution in [0.3, 0.4) is 0 Å². The van der Waals surface area contributed by atoms with Gasteiger partial charge in [0.1, 0.15) is 0 Å². The van der Waals surface area contributed by atoms with Gasteiger partial charge in [0.25, 0.3) is 0 Å². The number of fused-ring (bicyclic) bond motifs is 1. The quantitative estimate of drug-likeness (QED) is 0.713.